The van der Waals surface area contributed by atoms with Crippen LogP contribution in [0.1, 0.15) is 81.9 Å². The molecule has 2 N–H and O–H groups in total. The first-order valence-corrected chi connectivity index (χ1v) is 18.4. The number of fused-ring (bicyclic) bond motifs is 2. The first-order chi connectivity index (χ1) is 26.1. The number of hydrogen-bond acceptors (Lipinski definition) is 12. The number of nitrogens with zero attached hydrogens (tertiary/aromatic N) is 9. The number of amides is 5. The predicted molar refractivity (Wildman–Crippen MR) is 198 cm³/mol. The molecule has 4 aliphatic heterocycles. The Morgan fingerprint density at radius 1 is 0.963 bits per heavy atom. The molecule has 2 atom stereocenters. The van der Waals surface area contributed by atoms with Gasteiger partial charge in [0.15, 0.2) is 5.82 Å². The average molecular weight is 732 g/mol. The predicted octanol–water partition coefficient (Wildman–Crippen LogP) is 2.85. The van der Waals surface area contributed by atoms with Crippen LogP contribution in [0, 0.1) is 0 Å². The molecule has 0 radical (unpaired) electrons. The number of aryl methyl sites for hydroxylation is 1. The van der Waals surface area contributed by atoms with Crippen molar-refractivity contribution in [3.63, 3.8) is 0 Å². The van der Waals surface area contributed by atoms with Gasteiger partial charge in [-0.15, -0.1) is 10.2 Å². The SMILES string of the molecule is CCn1cnnc1-c1cccc(N2Cc3c(cc(N4CCC[C@H]4C)nc3CN(C)CCNc3cccc4c3C(=O)N(C3CCC(=O)NC3=O)C4=O)C2=O)n1. The van der Waals surface area contributed by atoms with Crippen LogP contribution < -0.4 is 20.4 Å². The number of hydrogen-bond donors (Lipinski definition) is 2. The number of anilines is 3. The minimum absolute atomic E-state index is 0.0550. The van der Waals surface area contributed by atoms with Crippen LogP contribution in [0.3, 0.4) is 0 Å². The molecule has 54 heavy (non-hydrogen) atoms. The molecule has 8 rings (SSSR count). The summed E-state index contributed by atoms with van der Waals surface area (Å²) in [6, 6.07) is 11.8. The maximum Gasteiger partial charge on any atom is 0.264 e. The highest BCUT2D eigenvalue weighted by molar-refractivity contribution is 6.25. The summed E-state index contributed by atoms with van der Waals surface area (Å²) in [5.41, 5.74) is 3.84. The molecule has 278 valence electrons. The molecule has 7 heterocycles. The number of carbonyl (C=O) groups excluding carboxylic acids is 5. The maximum atomic E-state index is 14.1. The van der Waals surface area contributed by atoms with Crippen molar-refractivity contribution in [3.05, 3.63) is 76.7 Å². The van der Waals surface area contributed by atoms with E-state index in [1.165, 1.54) is 0 Å². The maximum absolute atomic E-state index is 14.1. The third-order valence-corrected chi connectivity index (χ3v) is 10.7. The van der Waals surface area contributed by atoms with Crippen LogP contribution in [0.25, 0.3) is 11.5 Å². The summed E-state index contributed by atoms with van der Waals surface area (Å²) in [6.45, 7) is 7.51. The molecule has 4 aromatic rings. The number of carbonyl (C=O) groups is 5. The third-order valence-electron chi connectivity index (χ3n) is 10.7. The molecule has 1 aromatic carbocycles. The zero-order valence-corrected chi connectivity index (χ0v) is 30.4. The molecule has 0 aliphatic carbocycles. The van der Waals surface area contributed by atoms with E-state index in [-0.39, 0.29) is 29.9 Å². The smallest absolute Gasteiger partial charge is 0.264 e. The van der Waals surface area contributed by atoms with Gasteiger partial charge >= 0.3 is 0 Å². The fourth-order valence-electron chi connectivity index (χ4n) is 7.85. The quantitative estimate of drug-likeness (QED) is 0.216. The molecule has 4 aliphatic rings. The number of benzene rings is 1. The van der Waals surface area contributed by atoms with Crippen LogP contribution in [0.2, 0.25) is 0 Å². The molecule has 16 nitrogen and oxygen atoms in total. The minimum Gasteiger partial charge on any atom is -0.383 e. The lowest BCUT2D eigenvalue weighted by molar-refractivity contribution is -0.136. The molecular formula is C38H41N11O5. The molecule has 2 fully saturated rings. The van der Waals surface area contributed by atoms with Gasteiger partial charge in [-0.2, -0.15) is 0 Å². The lowest BCUT2D eigenvalue weighted by Gasteiger charge is -2.27. The van der Waals surface area contributed by atoms with Gasteiger partial charge in [-0.05, 0) is 70.5 Å². The highest BCUT2D eigenvalue weighted by atomic mass is 16.2. The summed E-state index contributed by atoms with van der Waals surface area (Å²) in [5.74, 6) is -0.354. The van der Waals surface area contributed by atoms with Crippen molar-refractivity contribution < 1.29 is 24.0 Å². The van der Waals surface area contributed by atoms with Crippen LogP contribution >= 0.6 is 0 Å². The van der Waals surface area contributed by atoms with E-state index in [0.717, 1.165) is 41.4 Å². The van der Waals surface area contributed by atoms with Crippen LogP contribution in [-0.2, 0) is 29.2 Å². The van der Waals surface area contributed by atoms with Crippen LogP contribution in [0.4, 0.5) is 17.3 Å². The number of likely N-dealkylation sites (N-methyl/N-ethyl adjacent to an activating group) is 1. The normalized spacial score (nSPS) is 19.6. The second-order valence-corrected chi connectivity index (χ2v) is 14.2. The van der Waals surface area contributed by atoms with Gasteiger partial charge < -0.3 is 14.8 Å². The van der Waals surface area contributed by atoms with Gasteiger partial charge in [0.1, 0.15) is 29.7 Å². The third kappa shape index (κ3) is 6.15. The number of aromatic nitrogens is 5. The van der Waals surface area contributed by atoms with Gasteiger partial charge in [0.2, 0.25) is 11.8 Å². The van der Waals surface area contributed by atoms with Gasteiger partial charge in [-0.3, -0.25) is 44.0 Å². The molecule has 1 unspecified atom stereocenters. The second-order valence-electron chi connectivity index (χ2n) is 14.2. The summed E-state index contributed by atoms with van der Waals surface area (Å²) in [4.78, 5) is 82.2. The summed E-state index contributed by atoms with van der Waals surface area (Å²) in [5, 5.41) is 13.8. The van der Waals surface area contributed by atoms with E-state index in [2.05, 4.69) is 37.6 Å². The van der Waals surface area contributed by atoms with E-state index < -0.39 is 29.7 Å². The van der Waals surface area contributed by atoms with Gasteiger partial charge in [0, 0.05) is 56.4 Å². The number of rotatable bonds is 11. The molecule has 0 spiro atoms. The van der Waals surface area contributed by atoms with Gasteiger partial charge in [-0.1, -0.05) is 12.1 Å². The molecular weight excluding hydrogens is 690 g/mol. The Labute approximate surface area is 311 Å². The second kappa shape index (κ2) is 14.1. The van der Waals surface area contributed by atoms with Gasteiger partial charge in [-0.25, -0.2) is 9.97 Å². The lowest BCUT2D eigenvalue weighted by atomic mass is 10.0. The topological polar surface area (TPSA) is 179 Å². The number of piperidine rings is 1. The summed E-state index contributed by atoms with van der Waals surface area (Å²) < 4.78 is 1.90. The molecule has 0 saturated carbocycles. The summed E-state index contributed by atoms with van der Waals surface area (Å²) in [6.07, 6.45) is 3.92. The van der Waals surface area contributed by atoms with Crippen molar-refractivity contribution in [1.82, 2.24) is 39.8 Å². The van der Waals surface area contributed by atoms with Crippen molar-refractivity contribution in [2.24, 2.45) is 0 Å². The van der Waals surface area contributed by atoms with Crippen LogP contribution in [0.15, 0.2) is 48.8 Å². The molecule has 5 amide bonds. The molecule has 16 heteroatoms. The summed E-state index contributed by atoms with van der Waals surface area (Å²) >= 11 is 0. The van der Waals surface area contributed by atoms with Gasteiger partial charge in [0.25, 0.3) is 17.7 Å². The van der Waals surface area contributed by atoms with E-state index in [9.17, 15) is 24.0 Å². The number of nitrogens with one attached hydrogen (secondary N) is 2. The molecule has 0 bridgehead atoms. The Kier molecular flexibility index (Phi) is 9.13. The minimum atomic E-state index is -1.03. The lowest BCUT2D eigenvalue weighted by Crippen LogP contribution is -2.54. The monoisotopic (exact) mass is 731 g/mol. The molecule has 3 aromatic heterocycles. The van der Waals surface area contributed by atoms with Crippen molar-refractivity contribution in [2.75, 3.05) is 41.8 Å². The van der Waals surface area contributed by atoms with Crippen LogP contribution in [-0.4, -0.2) is 103 Å². The van der Waals surface area contributed by atoms with E-state index in [1.807, 2.05) is 42.8 Å². The Hall–Kier alpha value is -6.03. The van der Waals surface area contributed by atoms with Crippen molar-refractivity contribution in [1.29, 1.82) is 0 Å². The first kappa shape index (κ1) is 35.0. The highest BCUT2D eigenvalue weighted by Gasteiger charge is 2.45. The fourth-order valence-corrected chi connectivity index (χ4v) is 7.85. The zero-order valence-electron chi connectivity index (χ0n) is 30.4. The Morgan fingerprint density at radius 2 is 1.80 bits per heavy atom. The largest absolute Gasteiger partial charge is 0.383 e. The van der Waals surface area contributed by atoms with E-state index in [0.29, 0.717) is 67.4 Å². The first-order valence-electron chi connectivity index (χ1n) is 18.4. The fraction of sp³-hybridized carbons (Fsp3) is 0.395. The Bertz CT molecular complexity index is 2200. The van der Waals surface area contributed by atoms with Crippen molar-refractivity contribution in [3.8, 4) is 11.5 Å². The van der Waals surface area contributed by atoms with E-state index in [4.69, 9.17) is 9.97 Å². The highest BCUT2D eigenvalue weighted by Crippen LogP contribution is 2.35. The number of imide groups is 2. The number of pyridine rings is 2. The van der Waals surface area contributed by atoms with Gasteiger partial charge in [0.05, 0.1) is 28.9 Å². The zero-order chi connectivity index (χ0) is 37.7. The van der Waals surface area contributed by atoms with Crippen molar-refractivity contribution in [2.45, 2.75) is 71.2 Å². The van der Waals surface area contributed by atoms with E-state index in [1.54, 1.807) is 29.4 Å². The average Bonchev–Trinajstić information content (AvgIpc) is 3.95. The van der Waals surface area contributed by atoms with E-state index >= 15 is 0 Å². The Morgan fingerprint density at radius 3 is 2.57 bits per heavy atom. The molecule has 2 saturated heterocycles. The van der Waals surface area contributed by atoms with Crippen molar-refractivity contribution >= 4 is 46.9 Å². The summed E-state index contributed by atoms with van der Waals surface area (Å²) in [7, 11) is 1.97. The van der Waals surface area contributed by atoms with Crippen LogP contribution in [0.5, 0.6) is 0 Å². The standard InChI is InChI=1S/C38H41N11O5/c1-4-46-21-40-44-34(46)27-11-6-12-30(41-27)48-19-25-24(36(48)52)18-31(47-16-7-8-22(47)2)42-28(25)20-45(3)17-15-39-26-10-5-9-23-33(26)38(54)49(37(23)53)29-13-14-32(50)43-35(29)51/h5-6,9-12,18,21-22,29,39H,4,7-8,13-17,19-20H2,1-3H3,(H,43,50,51)/t22-,29?/m1/s1. The Balaban J connectivity index is 1.00.